The van der Waals surface area contributed by atoms with E-state index < -0.39 is 0 Å². The van der Waals surface area contributed by atoms with E-state index in [9.17, 15) is 4.91 Å². The molecule has 0 saturated heterocycles. The number of benzene rings is 1. The molecule has 2 rings (SSSR count). The van der Waals surface area contributed by atoms with Crippen LogP contribution in [0.25, 0.3) is 0 Å². The maximum absolute atomic E-state index is 10.4. The molecule has 1 unspecified atom stereocenters. The second-order valence-corrected chi connectivity index (χ2v) is 4.58. The Balaban J connectivity index is 2.15. The predicted octanol–water partition coefficient (Wildman–Crippen LogP) is 3.05. The van der Waals surface area contributed by atoms with Crippen LogP contribution in [0, 0.1) is 4.91 Å². The molecule has 0 saturated carbocycles. The maximum Gasteiger partial charge on any atom is 0.140 e. The van der Waals surface area contributed by atoms with Crippen molar-refractivity contribution in [3.05, 3.63) is 45.3 Å². The molecule has 1 heterocycles. The highest BCUT2D eigenvalue weighted by atomic mass is 79.9. The van der Waals surface area contributed by atoms with Gasteiger partial charge in [0.15, 0.2) is 0 Å². The van der Waals surface area contributed by atoms with Crippen LogP contribution in [0.4, 0.5) is 0 Å². The lowest BCUT2D eigenvalue weighted by atomic mass is 10.2. The lowest BCUT2D eigenvalue weighted by Gasteiger charge is -2.20. The van der Waals surface area contributed by atoms with Crippen LogP contribution in [0.3, 0.4) is 0 Å². The topological polar surface area (TPSA) is 47.9 Å². The molecule has 1 aliphatic heterocycles. The van der Waals surface area contributed by atoms with Gasteiger partial charge in [0.2, 0.25) is 0 Å². The molecule has 90 valence electrons. The number of rotatable bonds is 4. The summed E-state index contributed by atoms with van der Waals surface area (Å²) in [6.07, 6.45) is 3.78. The zero-order valence-corrected chi connectivity index (χ0v) is 10.7. The Morgan fingerprint density at radius 3 is 3.12 bits per heavy atom. The van der Waals surface area contributed by atoms with Crippen molar-refractivity contribution in [3.63, 3.8) is 0 Å². The summed E-state index contributed by atoms with van der Waals surface area (Å²) in [5.74, 6) is 0.674. The fraction of sp³-hybridized carbons (Fsp3) is 0.333. The van der Waals surface area contributed by atoms with Crippen molar-refractivity contribution in [1.82, 2.24) is 0 Å². The fourth-order valence-corrected chi connectivity index (χ4v) is 2.02. The number of hydrogen-bond donors (Lipinski definition) is 0. The molecule has 1 aromatic carbocycles. The lowest BCUT2D eigenvalue weighted by Crippen LogP contribution is -2.24. The van der Waals surface area contributed by atoms with Gasteiger partial charge < -0.3 is 9.47 Å². The van der Waals surface area contributed by atoms with Crippen LogP contribution in [0.5, 0.6) is 5.75 Å². The number of nitroso groups, excluding NO2 is 1. The van der Waals surface area contributed by atoms with Crippen LogP contribution in [-0.2, 0) is 11.3 Å². The second kappa shape index (κ2) is 5.93. The van der Waals surface area contributed by atoms with Crippen LogP contribution in [0.2, 0.25) is 0 Å². The first-order valence-corrected chi connectivity index (χ1v) is 6.07. The molecule has 0 bridgehead atoms. The minimum atomic E-state index is -0.102. The van der Waals surface area contributed by atoms with Gasteiger partial charge in [-0.25, -0.2) is 0 Å². The molecule has 0 aliphatic carbocycles. The number of halogens is 1. The lowest BCUT2D eigenvalue weighted by molar-refractivity contribution is 0.0749. The molecule has 0 radical (unpaired) electrons. The van der Waals surface area contributed by atoms with Crippen LogP contribution in [-0.4, -0.2) is 19.3 Å². The van der Waals surface area contributed by atoms with Crippen molar-refractivity contribution in [2.45, 2.75) is 12.6 Å². The average Bonchev–Trinajstić information content (AvgIpc) is 2.34. The van der Waals surface area contributed by atoms with Crippen LogP contribution < -0.4 is 4.74 Å². The van der Waals surface area contributed by atoms with Gasteiger partial charge in [-0.05, 0) is 24.3 Å². The highest BCUT2D eigenvalue weighted by molar-refractivity contribution is 9.10. The first-order valence-electron chi connectivity index (χ1n) is 5.28. The van der Waals surface area contributed by atoms with Gasteiger partial charge in [-0.3, -0.25) is 0 Å². The summed E-state index contributed by atoms with van der Waals surface area (Å²) in [6.45, 7) is 1.26. The van der Waals surface area contributed by atoms with Gasteiger partial charge in [-0.2, -0.15) is 4.91 Å². The normalized spacial score (nSPS) is 19.0. The van der Waals surface area contributed by atoms with E-state index in [0.29, 0.717) is 19.0 Å². The van der Waals surface area contributed by atoms with Crippen molar-refractivity contribution >= 4 is 15.9 Å². The smallest absolute Gasteiger partial charge is 0.140 e. The Morgan fingerprint density at radius 2 is 2.41 bits per heavy atom. The Kier molecular flexibility index (Phi) is 4.28. The van der Waals surface area contributed by atoms with E-state index in [0.717, 1.165) is 10.0 Å². The maximum atomic E-state index is 10.4. The standard InChI is InChI=1S/C12H12BrNO3/c13-10-3-4-12(9(6-10)7-14-15)17-11-2-1-5-16-8-11/h1-4,6,11H,5,7-8H2. The second-order valence-electron chi connectivity index (χ2n) is 3.66. The minimum absolute atomic E-state index is 0.102. The summed E-state index contributed by atoms with van der Waals surface area (Å²) < 4.78 is 11.9. The van der Waals surface area contributed by atoms with Crippen molar-refractivity contribution in [1.29, 1.82) is 0 Å². The summed E-state index contributed by atoms with van der Waals surface area (Å²) in [7, 11) is 0. The van der Waals surface area contributed by atoms with Crippen LogP contribution >= 0.6 is 15.9 Å². The van der Waals surface area contributed by atoms with E-state index in [1.165, 1.54) is 0 Å². The van der Waals surface area contributed by atoms with E-state index in [2.05, 4.69) is 21.1 Å². The van der Waals surface area contributed by atoms with Gasteiger partial charge in [0.05, 0.1) is 13.2 Å². The van der Waals surface area contributed by atoms with Gasteiger partial charge in [0, 0.05) is 10.0 Å². The highest BCUT2D eigenvalue weighted by Gasteiger charge is 2.13. The fourth-order valence-electron chi connectivity index (χ4n) is 1.61. The molecular weight excluding hydrogens is 286 g/mol. The first-order chi connectivity index (χ1) is 8.29. The molecule has 0 N–H and O–H groups in total. The quantitative estimate of drug-likeness (QED) is 0.634. The van der Waals surface area contributed by atoms with Crippen molar-refractivity contribution < 1.29 is 9.47 Å². The number of nitrogens with zero attached hydrogens (tertiary/aromatic N) is 1. The van der Waals surface area contributed by atoms with Gasteiger partial charge in [-0.1, -0.05) is 27.2 Å². The molecule has 4 nitrogen and oxygen atoms in total. The summed E-state index contributed by atoms with van der Waals surface area (Å²) in [4.78, 5) is 10.4. The molecule has 1 aliphatic rings. The molecule has 17 heavy (non-hydrogen) atoms. The molecule has 1 aromatic rings. The van der Waals surface area contributed by atoms with Crippen molar-refractivity contribution in [2.75, 3.05) is 13.2 Å². The molecule has 0 fully saturated rings. The third-order valence-corrected chi connectivity index (χ3v) is 2.88. The number of hydrogen-bond acceptors (Lipinski definition) is 4. The third-order valence-electron chi connectivity index (χ3n) is 2.38. The summed E-state index contributed by atoms with van der Waals surface area (Å²) >= 11 is 3.35. The zero-order chi connectivity index (χ0) is 12.1. The predicted molar refractivity (Wildman–Crippen MR) is 68.0 cm³/mol. The zero-order valence-electron chi connectivity index (χ0n) is 9.14. The van der Waals surface area contributed by atoms with E-state index in [4.69, 9.17) is 9.47 Å². The molecule has 0 aromatic heterocycles. The summed E-state index contributed by atoms with van der Waals surface area (Å²) in [5.41, 5.74) is 0.772. The van der Waals surface area contributed by atoms with Gasteiger partial charge in [0.1, 0.15) is 18.4 Å². The van der Waals surface area contributed by atoms with Crippen molar-refractivity contribution in [2.24, 2.45) is 5.18 Å². The van der Waals surface area contributed by atoms with Crippen LogP contribution in [0.15, 0.2) is 40.0 Å². The molecule has 0 spiro atoms. The van der Waals surface area contributed by atoms with E-state index in [1.807, 2.05) is 30.4 Å². The molecule has 0 amide bonds. The van der Waals surface area contributed by atoms with Gasteiger partial charge in [0.25, 0.3) is 0 Å². The minimum Gasteiger partial charge on any atom is -0.484 e. The van der Waals surface area contributed by atoms with Crippen LogP contribution in [0.1, 0.15) is 5.56 Å². The first kappa shape index (κ1) is 12.3. The van der Waals surface area contributed by atoms with E-state index in [1.54, 1.807) is 0 Å². The SMILES string of the molecule is O=NCc1cc(Br)ccc1OC1C=CCOC1. The summed E-state index contributed by atoms with van der Waals surface area (Å²) in [5, 5.41) is 2.90. The monoisotopic (exact) mass is 297 g/mol. The van der Waals surface area contributed by atoms with Gasteiger partial charge >= 0.3 is 0 Å². The Labute approximate surface area is 108 Å². The van der Waals surface area contributed by atoms with E-state index >= 15 is 0 Å². The molecular formula is C12H12BrNO3. The van der Waals surface area contributed by atoms with E-state index in [-0.39, 0.29) is 12.6 Å². The Bertz CT molecular complexity index is 434. The Morgan fingerprint density at radius 1 is 1.53 bits per heavy atom. The summed E-state index contributed by atoms with van der Waals surface area (Å²) in [6, 6.07) is 5.54. The Hall–Kier alpha value is -1.20. The molecule has 1 atom stereocenters. The number of ether oxygens (including phenoxy) is 2. The highest BCUT2D eigenvalue weighted by Crippen LogP contribution is 2.25. The van der Waals surface area contributed by atoms with Crippen molar-refractivity contribution in [3.8, 4) is 5.75 Å². The third kappa shape index (κ3) is 3.38. The van der Waals surface area contributed by atoms with Gasteiger partial charge in [-0.15, -0.1) is 0 Å². The largest absolute Gasteiger partial charge is 0.484 e. The molecule has 5 heteroatoms. The average molecular weight is 298 g/mol.